The topological polar surface area (TPSA) is 83.0 Å². The van der Waals surface area contributed by atoms with Crippen LogP contribution in [0, 0.1) is 11.3 Å². The average molecular weight is 253 g/mol. The lowest BCUT2D eigenvalue weighted by Crippen LogP contribution is -2.35. The number of amides is 1. The Morgan fingerprint density at radius 1 is 1.71 bits per heavy atom. The van der Waals surface area contributed by atoms with Crippen molar-refractivity contribution in [2.24, 2.45) is 0 Å². The summed E-state index contributed by atoms with van der Waals surface area (Å²) in [6.07, 6.45) is 0.252. The third-order valence-corrected chi connectivity index (χ3v) is 2.74. The number of anilines is 1. The van der Waals surface area contributed by atoms with E-state index < -0.39 is 0 Å². The highest BCUT2D eigenvalue weighted by atomic mass is 35.5. The molecule has 6 heteroatoms. The van der Waals surface area contributed by atoms with Crippen molar-refractivity contribution in [3.05, 3.63) is 22.8 Å². The summed E-state index contributed by atoms with van der Waals surface area (Å²) in [6.45, 7) is 1.78. The first-order valence-electron chi connectivity index (χ1n) is 5.03. The molecule has 0 aromatic carbocycles. The van der Waals surface area contributed by atoms with Gasteiger partial charge in [-0.25, -0.2) is 4.98 Å². The molecular formula is C11H13ClN4O. The lowest BCUT2D eigenvalue weighted by molar-refractivity contribution is 0.0740. The van der Waals surface area contributed by atoms with Gasteiger partial charge in [0, 0.05) is 13.1 Å². The second-order valence-corrected chi connectivity index (χ2v) is 4.10. The number of nitrogens with two attached hydrogens (primary N) is 1. The smallest absolute Gasteiger partial charge is 0.274 e. The third kappa shape index (κ3) is 3.08. The summed E-state index contributed by atoms with van der Waals surface area (Å²) in [6, 6.07) is 4.86. The summed E-state index contributed by atoms with van der Waals surface area (Å²) in [5.41, 5.74) is 5.62. The number of carbonyl (C=O) groups is 1. The molecule has 0 aliphatic heterocycles. The number of halogens is 1. The summed E-state index contributed by atoms with van der Waals surface area (Å²) in [5, 5.41) is 8.84. The van der Waals surface area contributed by atoms with E-state index in [-0.39, 0.29) is 34.9 Å². The zero-order valence-electron chi connectivity index (χ0n) is 9.64. The molecule has 0 aliphatic rings. The van der Waals surface area contributed by atoms with Crippen LogP contribution in [0.3, 0.4) is 0 Å². The van der Waals surface area contributed by atoms with E-state index in [1.54, 1.807) is 14.0 Å². The first-order valence-corrected chi connectivity index (χ1v) is 5.41. The maximum Gasteiger partial charge on any atom is 0.274 e. The van der Waals surface area contributed by atoms with Crippen molar-refractivity contribution < 1.29 is 4.79 Å². The summed E-state index contributed by atoms with van der Waals surface area (Å²) in [4.78, 5) is 17.4. The minimum absolute atomic E-state index is 0.110. The Bertz CT molecular complexity index is 469. The van der Waals surface area contributed by atoms with Crippen LogP contribution in [0.4, 0.5) is 5.82 Å². The number of rotatable bonds is 3. The molecular weight excluding hydrogens is 240 g/mol. The number of hydrogen-bond donors (Lipinski definition) is 1. The van der Waals surface area contributed by atoms with Crippen LogP contribution >= 0.6 is 11.6 Å². The Labute approximate surface area is 105 Å². The van der Waals surface area contributed by atoms with Crippen molar-refractivity contribution in [1.82, 2.24) is 9.88 Å². The zero-order chi connectivity index (χ0) is 13.0. The summed E-state index contributed by atoms with van der Waals surface area (Å²) < 4.78 is 0. The van der Waals surface area contributed by atoms with Crippen molar-refractivity contribution in [2.75, 3.05) is 12.8 Å². The minimum atomic E-state index is -0.343. The Morgan fingerprint density at radius 3 is 2.94 bits per heavy atom. The number of nitrogens with zero attached hydrogens (tertiary/aromatic N) is 3. The average Bonchev–Trinajstić information content (AvgIpc) is 2.30. The standard InChI is InChI=1S/C11H13ClN4O/c1-7(5-6-13)16(2)11(17)10-8(12)3-4-9(14)15-10/h3-4,7H,5H2,1-2H3,(H2,14,15). The van der Waals surface area contributed by atoms with Crippen molar-refractivity contribution in [3.8, 4) is 6.07 Å². The number of nitrogen functional groups attached to an aromatic ring is 1. The lowest BCUT2D eigenvalue weighted by Gasteiger charge is -2.22. The number of pyridine rings is 1. The Kier molecular flexibility index (Phi) is 4.30. The molecule has 0 spiro atoms. The number of nitriles is 1. The van der Waals surface area contributed by atoms with E-state index in [4.69, 9.17) is 22.6 Å². The predicted octanol–water partition coefficient (Wildman–Crippen LogP) is 1.69. The number of aromatic nitrogens is 1. The van der Waals surface area contributed by atoms with Gasteiger partial charge in [0.05, 0.1) is 17.5 Å². The molecule has 1 aromatic heterocycles. The fourth-order valence-electron chi connectivity index (χ4n) is 1.24. The minimum Gasteiger partial charge on any atom is -0.384 e. The van der Waals surface area contributed by atoms with Crippen LogP contribution in [-0.2, 0) is 0 Å². The van der Waals surface area contributed by atoms with Crippen LogP contribution in [0.1, 0.15) is 23.8 Å². The molecule has 1 rings (SSSR count). The molecule has 0 saturated carbocycles. The SMILES string of the molecule is CC(CC#N)N(C)C(=O)c1nc(N)ccc1Cl. The molecule has 5 nitrogen and oxygen atoms in total. The van der Waals surface area contributed by atoms with E-state index in [0.717, 1.165) is 0 Å². The molecule has 0 saturated heterocycles. The first-order chi connectivity index (χ1) is 7.97. The van der Waals surface area contributed by atoms with Gasteiger partial charge in [0.25, 0.3) is 5.91 Å². The van der Waals surface area contributed by atoms with Crippen LogP contribution in [0.15, 0.2) is 12.1 Å². The quantitative estimate of drug-likeness (QED) is 0.887. The van der Waals surface area contributed by atoms with E-state index >= 15 is 0 Å². The molecule has 1 heterocycles. The lowest BCUT2D eigenvalue weighted by atomic mass is 10.2. The first kappa shape index (κ1) is 13.3. The van der Waals surface area contributed by atoms with Gasteiger partial charge < -0.3 is 10.6 Å². The van der Waals surface area contributed by atoms with Crippen molar-refractivity contribution in [3.63, 3.8) is 0 Å². The highest BCUT2D eigenvalue weighted by Crippen LogP contribution is 2.18. The molecule has 0 fully saturated rings. The largest absolute Gasteiger partial charge is 0.384 e. The van der Waals surface area contributed by atoms with Crippen molar-refractivity contribution >= 4 is 23.3 Å². The van der Waals surface area contributed by atoms with Gasteiger partial charge in [-0.05, 0) is 19.1 Å². The van der Waals surface area contributed by atoms with Gasteiger partial charge in [-0.2, -0.15) is 5.26 Å². The predicted molar refractivity (Wildman–Crippen MR) is 65.4 cm³/mol. The van der Waals surface area contributed by atoms with Gasteiger partial charge in [0.1, 0.15) is 11.5 Å². The van der Waals surface area contributed by atoms with E-state index in [1.807, 2.05) is 6.07 Å². The monoisotopic (exact) mass is 252 g/mol. The molecule has 1 aromatic rings. The maximum atomic E-state index is 12.0. The normalized spacial score (nSPS) is 11.6. The fraction of sp³-hybridized carbons (Fsp3) is 0.364. The summed E-state index contributed by atoms with van der Waals surface area (Å²) in [5.74, 6) is -0.107. The van der Waals surface area contributed by atoms with Crippen molar-refractivity contribution in [1.29, 1.82) is 5.26 Å². The van der Waals surface area contributed by atoms with Gasteiger partial charge in [-0.15, -0.1) is 0 Å². The molecule has 1 atom stereocenters. The van der Waals surface area contributed by atoms with Gasteiger partial charge in [0.2, 0.25) is 0 Å². The van der Waals surface area contributed by atoms with Gasteiger partial charge in [0.15, 0.2) is 0 Å². The summed E-state index contributed by atoms with van der Waals surface area (Å²) in [7, 11) is 1.60. The third-order valence-electron chi connectivity index (χ3n) is 2.44. The Balaban J connectivity index is 2.96. The fourth-order valence-corrected chi connectivity index (χ4v) is 1.43. The van der Waals surface area contributed by atoms with Gasteiger partial charge in [-0.1, -0.05) is 11.6 Å². The Morgan fingerprint density at radius 2 is 2.35 bits per heavy atom. The van der Waals surface area contributed by atoms with Crippen LogP contribution in [0.5, 0.6) is 0 Å². The molecule has 90 valence electrons. The van der Waals surface area contributed by atoms with Gasteiger partial charge in [-0.3, -0.25) is 4.79 Å². The highest BCUT2D eigenvalue weighted by molar-refractivity contribution is 6.33. The van der Waals surface area contributed by atoms with E-state index in [9.17, 15) is 4.79 Å². The van der Waals surface area contributed by atoms with Gasteiger partial charge >= 0.3 is 0 Å². The maximum absolute atomic E-state index is 12.0. The van der Waals surface area contributed by atoms with Crippen LogP contribution in [-0.4, -0.2) is 28.9 Å². The van der Waals surface area contributed by atoms with E-state index in [1.165, 1.54) is 17.0 Å². The Hall–Kier alpha value is -1.80. The van der Waals surface area contributed by atoms with Crippen LogP contribution in [0.25, 0.3) is 0 Å². The molecule has 17 heavy (non-hydrogen) atoms. The molecule has 0 aliphatic carbocycles. The second-order valence-electron chi connectivity index (χ2n) is 3.69. The van der Waals surface area contributed by atoms with E-state index in [0.29, 0.717) is 0 Å². The van der Waals surface area contributed by atoms with Crippen molar-refractivity contribution in [2.45, 2.75) is 19.4 Å². The highest BCUT2D eigenvalue weighted by Gasteiger charge is 2.21. The zero-order valence-corrected chi connectivity index (χ0v) is 10.4. The molecule has 0 bridgehead atoms. The van der Waals surface area contributed by atoms with Crippen LogP contribution in [0.2, 0.25) is 5.02 Å². The molecule has 1 unspecified atom stereocenters. The summed E-state index contributed by atoms with van der Waals surface area (Å²) >= 11 is 5.89. The number of carbonyl (C=O) groups excluding carboxylic acids is 1. The van der Waals surface area contributed by atoms with Crippen LogP contribution < -0.4 is 5.73 Å². The van der Waals surface area contributed by atoms with E-state index in [2.05, 4.69) is 4.98 Å². The second kappa shape index (κ2) is 5.51. The molecule has 2 N–H and O–H groups in total. The molecule has 1 amide bonds. The number of hydrogen-bond acceptors (Lipinski definition) is 4. The molecule has 0 radical (unpaired) electrons.